The summed E-state index contributed by atoms with van der Waals surface area (Å²) in [7, 11) is -3.68. The average molecular weight is 463 g/mol. The largest absolute Gasteiger partial charge is 0.357 e. The van der Waals surface area contributed by atoms with Crippen LogP contribution in [0.4, 0.5) is 0 Å². The Hall–Kier alpha value is -2.94. The summed E-state index contributed by atoms with van der Waals surface area (Å²) in [4.78, 5) is 20.7. The molecule has 7 nitrogen and oxygen atoms in total. The van der Waals surface area contributed by atoms with E-state index in [0.717, 1.165) is 37.6 Å². The Bertz CT molecular complexity index is 1480. The molecule has 33 heavy (non-hydrogen) atoms. The molecule has 2 aromatic heterocycles. The summed E-state index contributed by atoms with van der Waals surface area (Å²) in [5.74, 6) is 0. The summed E-state index contributed by atoms with van der Waals surface area (Å²) in [5.41, 5.74) is 2.17. The lowest BCUT2D eigenvalue weighted by Gasteiger charge is -2.39. The van der Waals surface area contributed by atoms with Crippen LogP contribution >= 0.6 is 0 Å². The van der Waals surface area contributed by atoms with Gasteiger partial charge in [0.25, 0.3) is 5.56 Å². The highest BCUT2D eigenvalue weighted by Crippen LogP contribution is 2.37. The number of hydrogen-bond donors (Lipinski definition) is 3. The fourth-order valence-electron chi connectivity index (χ4n) is 5.70. The molecular weight excluding hydrogens is 436 g/mol. The van der Waals surface area contributed by atoms with E-state index in [0.29, 0.717) is 28.5 Å². The van der Waals surface area contributed by atoms with Crippen LogP contribution in [-0.2, 0) is 16.6 Å². The van der Waals surface area contributed by atoms with Crippen molar-refractivity contribution >= 4 is 31.8 Å². The molecule has 2 saturated heterocycles. The van der Waals surface area contributed by atoms with Crippen LogP contribution in [0.15, 0.2) is 70.5 Å². The van der Waals surface area contributed by atoms with Gasteiger partial charge in [-0.05, 0) is 55.5 Å². The Kier molecular flexibility index (Phi) is 4.90. The lowest BCUT2D eigenvalue weighted by Crippen LogP contribution is -2.49. The fraction of sp³-hybridized carbons (Fsp3) is 0.320. The van der Waals surface area contributed by atoms with Gasteiger partial charge in [0.05, 0.1) is 4.90 Å². The molecule has 0 radical (unpaired) electrons. The number of aromatic amines is 2. The molecule has 0 amide bonds. The molecule has 170 valence electrons. The highest BCUT2D eigenvalue weighted by atomic mass is 32.2. The van der Waals surface area contributed by atoms with Crippen LogP contribution in [0.2, 0.25) is 0 Å². The molecule has 2 aromatic carbocycles. The maximum Gasteiger partial charge on any atom is 0.272 e. The third-order valence-corrected chi connectivity index (χ3v) is 8.75. The maximum absolute atomic E-state index is 13.3. The number of piperidine rings is 1. The number of sulfonamides is 1. The van der Waals surface area contributed by atoms with Crippen molar-refractivity contribution in [1.29, 1.82) is 0 Å². The quantitative estimate of drug-likeness (QED) is 0.423. The first-order valence-corrected chi connectivity index (χ1v) is 12.9. The molecule has 8 heteroatoms. The number of H-pyrrole nitrogens is 2. The zero-order valence-corrected chi connectivity index (χ0v) is 18.9. The minimum atomic E-state index is -3.68. The molecule has 2 unspecified atom stereocenters. The van der Waals surface area contributed by atoms with Crippen molar-refractivity contribution in [1.82, 2.24) is 19.6 Å². The second kappa shape index (κ2) is 7.83. The second-order valence-electron chi connectivity index (χ2n) is 9.26. The molecule has 3 N–H and O–H groups in total. The predicted octanol–water partition coefficient (Wildman–Crippen LogP) is 3.48. The van der Waals surface area contributed by atoms with Gasteiger partial charge in [0, 0.05) is 47.2 Å². The summed E-state index contributed by atoms with van der Waals surface area (Å²) in [5, 5.41) is 1.43. The van der Waals surface area contributed by atoms with Crippen LogP contribution in [-0.4, -0.2) is 41.4 Å². The first-order valence-electron chi connectivity index (χ1n) is 11.4. The van der Waals surface area contributed by atoms with Crippen LogP contribution < -0.4 is 10.3 Å². The zero-order chi connectivity index (χ0) is 22.6. The smallest absolute Gasteiger partial charge is 0.272 e. The van der Waals surface area contributed by atoms with Gasteiger partial charge >= 0.3 is 0 Å². The van der Waals surface area contributed by atoms with Crippen molar-refractivity contribution in [3.63, 3.8) is 0 Å². The number of aromatic nitrogens is 2. The average Bonchev–Trinajstić information content (AvgIpc) is 3.38. The minimum absolute atomic E-state index is 0.0712. The number of pyridine rings is 1. The molecule has 4 heterocycles. The van der Waals surface area contributed by atoms with Crippen molar-refractivity contribution in [2.75, 3.05) is 0 Å². The van der Waals surface area contributed by atoms with Crippen molar-refractivity contribution in [3.8, 4) is 0 Å². The van der Waals surface area contributed by atoms with Crippen molar-refractivity contribution in [3.05, 3.63) is 76.7 Å². The van der Waals surface area contributed by atoms with Crippen LogP contribution in [0.3, 0.4) is 0 Å². The van der Waals surface area contributed by atoms with Crippen molar-refractivity contribution in [2.24, 2.45) is 0 Å². The summed E-state index contributed by atoms with van der Waals surface area (Å²) in [6.07, 6.45) is 5.57. The van der Waals surface area contributed by atoms with E-state index in [1.165, 1.54) is 5.56 Å². The van der Waals surface area contributed by atoms with Gasteiger partial charge in [-0.2, -0.15) is 0 Å². The first-order chi connectivity index (χ1) is 16.0. The monoisotopic (exact) mass is 462 g/mol. The van der Waals surface area contributed by atoms with Gasteiger partial charge in [0.2, 0.25) is 10.0 Å². The van der Waals surface area contributed by atoms with Gasteiger partial charge < -0.3 is 9.97 Å². The van der Waals surface area contributed by atoms with Gasteiger partial charge in [-0.25, -0.2) is 13.1 Å². The predicted molar refractivity (Wildman–Crippen MR) is 129 cm³/mol. The van der Waals surface area contributed by atoms with E-state index in [-0.39, 0.29) is 16.5 Å². The number of nitrogens with zero attached hydrogens (tertiary/aromatic N) is 1. The molecule has 2 aliphatic rings. The molecule has 0 aliphatic carbocycles. The van der Waals surface area contributed by atoms with E-state index in [4.69, 9.17) is 0 Å². The van der Waals surface area contributed by atoms with Crippen molar-refractivity contribution < 1.29 is 8.42 Å². The first kappa shape index (κ1) is 20.7. The van der Waals surface area contributed by atoms with E-state index in [1.807, 2.05) is 6.07 Å². The molecule has 0 spiro atoms. The van der Waals surface area contributed by atoms with Gasteiger partial charge in [0.1, 0.15) is 5.52 Å². The molecule has 0 saturated carbocycles. The molecule has 4 aromatic rings. The second-order valence-corrected chi connectivity index (χ2v) is 11.0. The van der Waals surface area contributed by atoms with Crippen LogP contribution in [0.25, 0.3) is 21.8 Å². The molecule has 2 aliphatic heterocycles. The highest BCUT2D eigenvalue weighted by Gasteiger charge is 2.41. The highest BCUT2D eigenvalue weighted by molar-refractivity contribution is 7.89. The number of nitrogens with one attached hydrogen (secondary N) is 3. The van der Waals surface area contributed by atoms with Crippen molar-refractivity contribution in [2.45, 2.75) is 55.2 Å². The summed E-state index contributed by atoms with van der Waals surface area (Å²) in [6.45, 7) is 0.922. The van der Waals surface area contributed by atoms with E-state index >= 15 is 0 Å². The Morgan fingerprint density at radius 2 is 1.73 bits per heavy atom. The van der Waals surface area contributed by atoms with Crippen LogP contribution in [0.5, 0.6) is 0 Å². The third kappa shape index (κ3) is 3.68. The standard InChI is InChI=1S/C25H26N4O3S/c30-25-24-21(10-11-26-24)22-14-20(8-9-23(22)27-25)33(31,32)28-17-12-18-6-7-19(13-17)29(18)15-16-4-2-1-3-5-16/h1-5,8-11,14,17-19,26,28H,6-7,12-13,15H2,(H,27,30). The lowest BCUT2D eigenvalue weighted by molar-refractivity contribution is 0.115. The van der Waals surface area contributed by atoms with Gasteiger partial charge in [0.15, 0.2) is 0 Å². The van der Waals surface area contributed by atoms with Crippen LogP contribution in [0, 0.1) is 0 Å². The van der Waals surface area contributed by atoms with E-state index < -0.39 is 10.0 Å². The molecule has 6 rings (SSSR count). The van der Waals surface area contributed by atoms with E-state index in [1.54, 1.807) is 30.5 Å². The van der Waals surface area contributed by atoms with Crippen LogP contribution in [0.1, 0.15) is 31.2 Å². The zero-order valence-electron chi connectivity index (χ0n) is 18.1. The topological polar surface area (TPSA) is 98.1 Å². The molecule has 2 atom stereocenters. The molecule has 2 fully saturated rings. The summed E-state index contributed by atoms with van der Waals surface area (Å²) < 4.78 is 29.6. The Morgan fingerprint density at radius 1 is 0.970 bits per heavy atom. The van der Waals surface area contributed by atoms with Gasteiger partial charge in [-0.1, -0.05) is 30.3 Å². The van der Waals surface area contributed by atoms with Gasteiger partial charge in [-0.3, -0.25) is 9.69 Å². The minimum Gasteiger partial charge on any atom is -0.357 e. The Balaban J connectivity index is 1.23. The molecular formula is C25H26N4O3S. The number of benzene rings is 2. The summed E-state index contributed by atoms with van der Waals surface area (Å²) in [6, 6.07) is 17.9. The SMILES string of the molecule is O=c1[nH]c2ccc(S(=O)(=O)NC3CC4CCC(C3)N4Cc3ccccc3)cc2c2cc[nH]c12. The number of fused-ring (bicyclic) bond motifs is 5. The van der Waals surface area contributed by atoms with E-state index in [2.05, 4.69) is 43.9 Å². The third-order valence-electron chi connectivity index (χ3n) is 7.23. The normalized spacial score (nSPS) is 23.5. The maximum atomic E-state index is 13.3. The lowest BCUT2D eigenvalue weighted by atomic mass is 9.97. The fourth-order valence-corrected chi connectivity index (χ4v) is 6.99. The Morgan fingerprint density at radius 3 is 2.48 bits per heavy atom. The Labute approximate surface area is 191 Å². The number of hydrogen-bond acceptors (Lipinski definition) is 4. The van der Waals surface area contributed by atoms with E-state index in [9.17, 15) is 13.2 Å². The summed E-state index contributed by atoms with van der Waals surface area (Å²) >= 11 is 0. The number of rotatable bonds is 5. The molecule has 2 bridgehead atoms. The van der Waals surface area contributed by atoms with Gasteiger partial charge in [-0.15, -0.1) is 0 Å².